The maximum absolute atomic E-state index is 12.7. The standard InChI is InChI=1S/C19H12BrClN2O2S2/c1-25-12-6-7-15-13(8-12)16(21)17(27-15)18(24)23-19-22-14(9-26-19)10-2-4-11(20)5-3-10/h2-9H,1H3,(H,22,23,24). The van der Waals surface area contributed by atoms with Gasteiger partial charge in [0.1, 0.15) is 10.6 Å². The van der Waals surface area contributed by atoms with Crippen LogP contribution in [0, 0.1) is 0 Å². The molecule has 0 aliphatic heterocycles. The van der Waals surface area contributed by atoms with Gasteiger partial charge in [-0.3, -0.25) is 10.1 Å². The van der Waals surface area contributed by atoms with E-state index < -0.39 is 0 Å². The lowest BCUT2D eigenvalue weighted by Gasteiger charge is -2.00. The molecule has 0 fully saturated rings. The van der Waals surface area contributed by atoms with E-state index in [1.165, 1.54) is 22.7 Å². The second-order valence-electron chi connectivity index (χ2n) is 5.61. The number of fused-ring (bicyclic) bond motifs is 1. The maximum Gasteiger partial charge on any atom is 0.269 e. The van der Waals surface area contributed by atoms with Crippen LogP contribution < -0.4 is 10.1 Å². The smallest absolute Gasteiger partial charge is 0.269 e. The number of hydrogen-bond acceptors (Lipinski definition) is 5. The van der Waals surface area contributed by atoms with Crippen molar-refractivity contribution in [2.75, 3.05) is 12.4 Å². The molecule has 0 spiro atoms. The van der Waals surface area contributed by atoms with Gasteiger partial charge in [0.05, 0.1) is 17.8 Å². The number of benzene rings is 2. The van der Waals surface area contributed by atoms with Gasteiger partial charge in [0, 0.05) is 25.5 Å². The lowest BCUT2D eigenvalue weighted by molar-refractivity contribution is 0.103. The second-order valence-corrected chi connectivity index (χ2v) is 8.81. The van der Waals surface area contributed by atoms with Gasteiger partial charge < -0.3 is 4.74 Å². The molecule has 0 saturated heterocycles. The number of carbonyl (C=O) groups is 1. The highest BCUT2D eigenvalue weighted by molar-refractivity contribution is 9.10. The van der Waals surface area contributed by atoms with Gasteiger partial charge >= 0.3 is 0 Å². The minimum absolute atomic E-state index is 0.267. The third-order valence-corrected chi connectivity index (χ3v) is 6.87. The molecule has 4 nitrogen and oxygen atoms in total. The van der Waals surface area contributed by atoms with Crippen LogP contribution in [-0.2, 0) is 0 Å². The predicted molar refractivity (Wildman–Crippen MR) is 117 cm³/mol. The van der Waals surface area contributed by atoms with Gasteiger partial charge in [-0.25, -0.2) is 4.98 Å². The molecule has 0 atom stereocenters. The van der Waals surface area contributed by atoms with Crippen molar-refractivity contribution in [3.05, 3.63) is 62.2 Å². The van der Waals surface area contributed by atoms with Crippen LogP contribution in [0.2, 0.25) is 5.02 Å². The zero-order chi connectivity index (χ0) is 19.0. The second kappa shape index (κ2) is 7.59. The number of thiophene rings is 1. The number of nitrogens with zero attached hydrogens (tertiary/aromatic N) is 1. The summed E-state index contributed by atoms with van der Waals surface area (Å²) in [6, 6.07) is 13.4. The molecule has 1 amide bonds. The van der Waals surface area contributed by atoms with Crippen molar-refractivity contribution in [1.29, 1.82) is 0 Å². The largest absolute Gasteiger partial charge is 0.497 e. The van der Waals surface area contributed by atoms with Crippen molar-refractivity contribution in [2.24, 2.45) is 0 Å². The Bertz CT molecular complexity index is 1140. The first kappa shape index (κ1) is 18.4. The van der Waals surface area contributed by atoms with Crippen LogP contribution in [0.1, 0.15) is 9.67 Å². The van der Waals surface area contributed by atoms with Gasteiger partial charge in [-0.15, -0.1) is 22.7 Å². The Labute approximate surface area is 176 Å². The van der Waals surface area contributed by atoms with E-state index in [-0.39, 0.29) is 5.91 Å². The van der Waals surface area contributed by atoms with Crippen molar-refractivity contribution < 1.29 is 9.53 Å². The lowest BCUT2D eigenvalue weighted by Crippen LogP contribution is -2.10. The average Bonchev–Trinajstić information content (AvgIpc) is 3.27. The highest BCUT2D eigenvalue weighted by atomic mass is 79.9. The molecule has 27 heavy (non-hydrogen) atoms. The first-order valence-corrected chi connectivity index (χ1v) is 10.7. The van der Waals surface area contributed by atoms with Crippen molar-refractivity contribution in [3.8, 4) is 17.0 Å². The lowest BCUT2D eigenvalue weighted by atomic mass is 10.2. The minimum Gasteiger partial charge on any atom is -0.497 e. The first-order valence-electron chi connectivity index (χ1n) is 7.84. The van der Waals surface area contributed by atoms with Crippen molar-refractivity contribution >= 4 is 71.3 Å². The van der Waals surface area contributed by atoms with E-state index in [1.807, 2.05) is 47.8 Å². The molecule has 0 saturated carbocycles. The highest BCUT2D eigenvalue weighted by Gasteiger charge is 2.19. The molecule has 1 N–H and O–H groups in total. The fraction of sp³-hybridized carbons (Fsp3) is 0.0526. The van der Waals surface area contributed by atoms with Crippen LogP contribution in [0.3, 0.4) is 0 Å². The normalized spacial score (nSPS) is 10.9. The number of thiazole rings is 1. The van der Waals surface area contributed by atoms with Crippen LogP contribution in [0.4, 0.5) is 5.13 Å². The van der Waals surface area contributed by atoms with Crippen LogP contribution in [0.25, 0.3) is 21.3 Å². The van der Waals surface area contributed by atoms with Crippen molar-refractivity contribution in [2.45, 2.75) is 0 Å². The van der Waals surface area contributed by atoms with E-state index in [1.54, 1.807) is 7.11 Å². The summed E-state index contributed by atoms with van der Waals surface area (Å²) in [5, 5.41) is 6.52. The third kappa shape index (κ3) is 3.73. The van der Waals surface area contributed by atoms with Crippen LogP contribution >= 0.6 is 50.2 Å². The van der Waals surface area contributed by atoms with E-state index in [4.69, 9.17) is 16.3 Å². The number of nitrogens with one attached hydrogen (secondary N) is 1. The zero-order valence-electron chi connectivity index (χ0n) is 14.0. The van der Waals surface area contributed by atoms with Gasteiger partial charge in [0.15, 0.2) is 5.13 Å². The number of rotatable bonds is 4. The van der Waals surface area contributed by atoms with E-state index in [0.717, 1.165) is 25.8 Å². The Morgan fingerprint density at radius 2 is 2.00 bits per heavy atom. The zero-order valence-corrected chi connectivity index (χ0v) is 17.9. The summed E-state index contributed by atoms with van der Waals surface area (Å²) in [6.07, 6.45) is 0. The molecule has 4 aromatic rings. The van der Waals surface area contributed by atoms with Crippen LogP contribution in [0.15, 0.2) is 52.3 Å². The molecule has 0 bridgehead atoms. The maximum atomic E-state index is 12.7. The minimum atomic E-state index is -0.267. The van der Waals surface area contributed by atoms with Gasteiger partial charge in [-0.05, 0) is 30.3 Å². The summed E-state index contributed by atoms with van der Waals surface area (Å²) in [7, 11) is 1.60. The molecule has 0 radical (unpaired) electrons. The number of methoxy groups -OCH3 is 1. The molecule has 136 valence electrons. The number of amides is 1. The van der Waals surface area contributed by atoms with E-state index in [9.17, 15) is 4.79 Å². The van der Waals surface area contributed by atoms with Gasteiger partial charge in [-0.2, -0.15) is 0 Å². The average molecular weight is 480 g/mol. The summed E-state index contributed by atoms with van der Waals surface area (Å²) in [4.78, 5) is 17.7. The Morgan fingerprint density at radius 3 is 2.74 bits per heavy atom. The van der Waals surface area contributed by atoms with Gasteiger partial charge in [0.25, 0.3) is 5.91 Å². The number of carbonyl (C=O) groups excluding carboxylic acids is 1. The summed E-state index contributed by atoms with van der Waals surface area (Å²) in [5.41, 5.74) is 1.80. The molecular formula is C19H12BrClN2O2S2. The predicted octanol–water partition coefficient (Wildman–Crippen LogP) is 6.70. The highest BCUT2D eigenvalue weighted by Crippen LogP contribution is 2.38. The van der Waals surface area contributed by atoms with Crippen LogP contribution in [0.5, 0.6) is 5.75 Å². The monoisotopic (exact) mass is 478 g/mol. The molecule has 2 aromatic carbocycles. The van der Waals surface area contributed by atoms with Crippen molar-refractivity contribution in [1.82, 2.24) is 4.98 Å². The quantitative estimate of drug-likeness (QED) is 0.354. The molecule has 2 heterocycles. The topological polar surface area (TPSA) is 51.2 Å². The SMILES string of the molecule is COc1ccc2sc(C(=O)Nc3nc(-c4ccc(Br)cc4)cs3)c(Cl)c2c1. The molecule has 0 aliphatic carbocycles. The third-order valence-electron chi connectivity index (χ3n) is 3.91. The first-order chi connectivity index (χ1) is 13.0. The van der Waals surface area contributed by atoms with E-state index >= 15 is 0 Å². The Kier molecular flexibility index (Phi) is 5.19. The molecular weight excluding hydrogens is 468 g/mol. The number of hydrogen-bond donors (Lipinski definition) is 1. The fourth-order valence-electron chi connectivity index (χ4n) is 2.56. The Balaban J connectivity index is 1.58. The summed E-state index contributed by atoms with van der Waals surface area (Å²) in [6.45, 7) is 0. The number of aromatic nitrogens is 1. The molecule has 4 rings (SSSR count). The molecule has 0 aliphatic rings. The summed E-state index contributed by atoms with van der Waals surface area (Å²) >= 11 is 12.6. The van der Waals surface area contributed by atoms with Crippen LogP contribution in [-0.4, -0.2) is 18.0 Å². The Morgan fingerprint density at radius 1 is 1.22 bits per heavy atom. The summed E-state index contributed by atoms with van der Waals surface area (Å²) in [5.74, 6) is 0.435. The molecule has 8 heteroatoms. The summed E-state index contributed by atoms with van der Waals surface area (Å²) < 4.78 is 7.17. The van der Waals surface area contributed by atoms with Gasteiger partial charge in [-0.1, -0.05) is 39.7 Å². The van der Waals surface area contributed by atoms with E-state index in [0.29, 0.717) is 20.8 Å². The molecule has 0 unspecified atom stereocenters. The van der Waals surface area contributed by atoms with Crippen molar-refractivity contribution in [3.63, 3.8) is 0 Å². The van der Waals surface area contributed by atoms with Gasteiger partial charge in [0.2, 0.25) is 0 Å². The number of anilines is 1. The number of halogens is 2. The number of ether oxygens (including phenoxy) is 1. The van der Waals surface area contributed by atoms with E-state index in [2.05, 4.69) is 26.2 Å². The molecule has 2 aromatic heterocycles. The Hall–Kier alpha value is -1.93. The fourth-order valence-corrected chi connectivity index (χ4v) is 4.92.